The molecule has 0 saturated heterocycles. The molecule has 0 heterocycles. The molecule has 0 spiro atoms. The van der Waals surface area contributed by atoms with E-state index in [4.69, 9.17) is 0 Å². The first-order valence-corrected chi connectivity index (χ1v) is 0. The Hall–Kier alpha value is 1.33. The number of hydrogen-bond donors (Lipinski definition) is 0. The Bertz CT molecular complexity index is 11.2. The van der Waals surface area contributed by atoms with Crippen LogP contribution in [0.5, 0.6) is 0 Å². The van der Waals surface area contributed by atoms with Gasteiger partial charge >= 0.3 is 0 Å². The van der Waals surface area contributed by atoms with E-state index in [1.807, 2.05) is 0 Å². The minimum absolute atomic E-state index is 0. The average Bonchev–Trinajstić information content (AvgIpc) is 0. The molecule has 8 heavy (non-hydrogen) atoms. The largest absolute Gasteiger partial charge is 0.412 e. The number of hydrogen-bond acceptors (Lipinski definition) is 0. The summed E-state index contributed by atoms with van der Waals surface area (Å²) in [6.07, 6.45) is 0. The molecule has 4 nitrogen and oxygen atoms in total. The first-order chi connectivity index (χ1) is 0. The van der Waals surface area contributed by atoms with E-state index in [0.717, 1.165) is 0 Å². The zero-order chi connectivity index (χ0) is 0. The second kappa shape index (κ2) is 252. The van der Waals surface area contributed by atoms with Gasteiger partial charge in [0.2, 0.25) is 0 Å². The van der Waals surface area contributed by atoms with Gasteiger partial charge < -0.3 is 21.9 Å². The van der Waals surface area contributed by atoms with Crippen molar-refractivity contribution in [3.05, 3.63) is 0 Å². The zero-order valence-electron chi connectivity index (χ0n) is 3.93. The van der Waals surface area contributed by atoms with Gasteiger partial charge in [-0.15, -0.1) is 37.2 Å². The molecule has 8 heteroatoms. The van der Waals surface area contributed by atoms with Crippen LogP contribution < -0.4 is 0 Å². The molecule has 0 aliphatic rings. The molecule has 0 rings (SSSR count). The van der Waals surface area contributed by atoms with Gasteiger partial charge in [0.1, 0.15) is 0 Å². The van der Waals surface area contributed by atoms with Gasteiger partial charge in [0.25, 0.3) is 0 Å². The Labute approximate surface area is 78.6 Å². The maximum absolute atomic E-state index is 0. The third kappa shape index (κ3) is 165. The summed E-state index contributed by atoms with van der Waals surface area (Å²) < 4.78 is 0. The molecule has 0 aliphatic heterocycles. The summed E-state index contributed by atoms with van der Waals surface area (Å²) in [5.74, 6) is 0. The molecule has 0 aromatic heterocycles. The van der Waals surface area contributed by atoms with Crippen LogP contribution in [0.2, 0.25) is 0 Å². The van der Waals surface area contributed by atoms with E-state index in [0.29, 0.717) is 0 Å². The van der Waals surface area contributed by atoms with Crippen molar-refractivity contribution >= 4 is 37.2 Å². The van der Waals surface area contributed by atoms with E-state index < -0.39 is 0 Å². The fourth-order valence-corrected chi connectivity index (χ4v) is 0. The van der Waals surface area contributed by atoms with E-state index in [1.54, 1.807) is 0 Å². The Morgan fingerprint density at radius 1 is 0.375 bits per heavy atom. The summed E-state index contributed by atoms with van der Waals surface area (Å²) in [5, 5.41) is 0. The summed E-state index contributed by atoms with van der Waals surface area (Å²) in [6.45, 7) is 0. The fraction of sp³-hybridized carbons (Fsp3) is 0. The summed E-state index contributed by atoms with van der Waals surface area (Å²) in [5.41, 5.74) is 0. The molecule has 0 aliphatic carbocycles. The van der Waals surface area contributed by atoms with Gasteiger partial charge in [-0.1, -0.05) is 0 Å². The standard InChI is InChI=1S/3ClH.4H2O.Zn/h3*1H;4*1H2;. The van der Waals surface area contributed by atoms with Gasteiger partial charge in [-0.2, -0.15) is 0 Å². The molecule has 0 fully saturated rings. The monoisotopic (exact) mass is 244 g/mol. The van der Waals surface area contributed by atoms with Gasteiger partial charge in [0.05, 0.1) is 0 Å². The molecule has 0 bridgehead atoms. The Morgan fingerprint density at radius 3 is 0.375 bits per heavy atom. The maximum Gasteiger partial charge on any atom is 0 e. The molecule has 0 radical (unpaired) electrons. The van der Waals surface area contributed by atoms with Crippen LogP contribution in [-0.4, -0.2) is 21.9 Å². The summed E-state index contributed by atoms with van der Waals surface area (Å²) in [7, 11) is 0. The molecule has 0 aromatic rings. The third-order valence-corrected chi connectivity index (χ3v) is 0. The topological polar surface area (TPSA) is 126 Å². The normalized spacial score (nSPS) is 0. The predicted molar refractivity (Wildman–Crippen MR) is 36.2 cm³/mol. The predicted octanol–water partition coefficient (Wildman–Crippen LogP) is -2.04. The van der Waals surface area contributed by atoms with Crippen molar-refractivity contribution in [2.24, 2.45) is 0 Å². The summed E-state index contributed by atoms with van der Waals surface area (Å²) >= 11 is 0. The smallest absolute Gasteiger partial charge is 0 e. The van der Waals surface area contributed by atoms with Crippen molar-refractivity contribution in [1.29, 1.82) is 0 Å². The molecule has 0 unspecified atom stereocenters. The Kier molecular flexibility index (Phi) is 11500. The SMILES string of the molecule is Cl.Cl.Cl.O.O.O.O.[Zn]. The Morgan fingerprint density at radius 2 is 0.375 bits per heavy atom. The Balaban J connectivity index is 0. The minimum atomic E-state index is 0. The third-order valence-electron chi connectivity index (χ3n) is 0. The summed E-state index contributed by atoms with van der Waals surface area (Å²) in [4.78, 5) is 0. The van der Waals surface area contributed by atoms with Gasteiger partial charge in [0, 0.05) is 19.5 Å². The van der Waals surface area contributed by atoms with Crippen LogP contribution in [0.15, 0.2) is 0 Å². The average molecular weight is 247 g/mol. The van der Waals surface area contributed by atoms with Crippen LogP contribution in [0.4, 0.5) is 0 Å². The molecular weight excluding hydrogens is 236 g/mol. The molecule has 0 aromatic carbocycles. The van der Waals surface area contributed by atoms with Crippen LogP contribution in [0.1, 0.15) is 0 Å². The molecular formula is H11Cl3O4Zn. The van der Waals surface area contributed by atoms with E-state index in [-0.39, 0.29) is 78.6 Å². The fourth-order valence-electron chi connectivity index (χ4n) is 0. The molecule has 58 valence electrons. The van der Waals surface area contributed by atoms with E-state index >= 15 is 0 Å². The maximum atomic E-state index is 0. The first kappa shape index (κ1) is 365. The molecule has 8 N–H and O–H groups in total. The van der Waals surface area contributed by atoms with E-state index in [9.17, 15) is 0 Å². The van der Waals surface area contributed by atoms with Crippen LogP contribution >= 0.6 is 37.2 Å². The number of rotatable bonds is 0. The van der Waals surface area contributed by atoms with Crippen molar-refractivity contribution < 1.29 is 41.4 Å². The molecule has 0 atom stereocenters. The number of halogens is 3. The van der Waals surface area contributed by atoms with Crippen LogP contribution in [-0.2, 0) is 19.5 Å². The van der Waals surface area contributed by atoms with E-state index in [2.05, 4.69) is 0 Å². The van der Waals surface area contributed by atoms with Gasteiger partial charge in [-0.05, 0) is 0 Å². The second-order valence-electron chi connectivity index (χ2n) is 0. The van der Waals surface area contributed by atoms with Gasteiger partial charge in [0.15, 0.2) is 0 Å². The van der Waals surface area contributed by atoms with Gasteiger partial charge in [-0.25, -0.2) is 0 Å². The molecule has 0 saturated carbocycles. The molecule has 0 amide bonds. The quantitative estimate of drug-likeness (QED) is 0.437. The van der Waals surface area contributed by atoms with Crippen LogP contribution in [0, 0.1) is 0 Å². The van der Waals surface area contributed by atoms with Crippen molar-refractivity contribution in [3.63, 3.8) is 0 Å². The minimum Gasteiger partial charge on any atom is -0.412 e. The zero-order valence-corrected chi connectivity index (χ0v) is 9.35. The van der Waals surface area contributed by atoms with E-state index in [1.165, 1.54) is 0 Å². The van der Waals surface area contributed by atoms with Crippen molar-refractivity contribution in [2.45, 2.75) is 0 Å². The van der Waals surface area contributed by atoms with Crippen LogP contribution in [0.25, 0.3) is 0 Å². The van der Waals surface area contributed by atoms with Crippen LogP contribution in [0.3, 0.4) is 0 Å². The van der Waals surface area contributed by atoms with Crippen molar-refractivity contribution in [3.8, 4) is 0 Å². The van der Waals surface area contributed by atoms with Gasteiger partial charge in [-0.3, -0.25) is 0 Å². The summed E-state index contributed by atoms with van der Waals surface area (Å²) in [6, 6.07) is 0. The van der Waals surface area contributed by atoms with Crippen molar-refractivity contribution in [1.82, 2.24) is 0 Å². The van der Waals surface area contributed by atoms with Crippen molar-refractivity contribution in [2.75, 3.05) is 0 Å². The first-order valence-electron chi connectivity index (χ1n) is 0. The second-order valence-corrected chi connectivity index (χ2v) is 0.